The molecule has 15 heavy (non-hydrogen) atoms. The Morgan fingerprint density at radius 3 is 3.00 bits per heavy atom. The van der Waals surface area contributed by atoms with Gasteiger partial charge in [0.2, 0.25) is 0 Å². The van der Waals surface area contributed by atoms with Crippen LogP contribution in [0.15, 0.2) is 11.4 Å². The molecule has 0 amide bonds. The molecule has 1 heterocycles. The summed E-state index contributed by atoms with van der Waals surface area (Å²) >= 11 is 1.23. The van der Waals surface area contributed by atoms with Crippen molar-refractivity contribution >= 4 is 17.3 Å². The molecule has 4 nitrogen and oxygen atoms in total. The standard InChI is InChI=1S/C10H15NO3S/c1-7(2)6-14-11-5-8-3-4-15-9(8)10(12)13/h3-4,7,11H,5-6H2,1-2H3,(H,12,13). The van der Waals surface area contributed by atoms with Gasteiger partial charge in [-0.15, -0.1) is 11.3 Å². The first-order chi connectivity index (χ1) is 7.11. The first-order valence-corrected chi connectivity index (χ1v) is 5.63. The molecule has 5 heteroatoms. The molecule has 0 aromatic carbocycles. The largest absolute Gasteiger partial charge is 0.477 e. The molecule has 1 aromatic rings. The van der Waals surface area contributed by atoms with Crippen LogP contribution in [0.5, 0.6) is 0 Å². The van der Waals surface area contributed by atoms with E-state index < -0.39 is 5.97 Å². The van der Waals surface area contributed by atoms with Crippen LogP contribution < -0.4 is 5.48 Å². The first-order valence-electron chi connectivity index (χ1n) is 4.75. The third-order valence-electron chi connectivity index (χ3n) is 1.72. The van der Waals surface area contributed by atoms with E-state index in [9.17, 15) is 4.79 Å². The lowest BCUT2D eigenvalue weighted by Gasteiger charge is -2.07. The molecule has 0 aliphatic carbocycles. The zero-order valence-electron chi connectivity index (χ0n) is 8.82. The highest BCUT2D eigenvalue weighted by atomic mass is 32.1. The Hall–Kier alpha value is -0.910. The molecule has 84 valence electrons. The molecule has 0 atom stereocenters. The van der Waals surface area contributed by atoms with Crippen LogP contribution in [0.4, 0.5) is 0 Å². The first kappa shape index (κ1) is 12.2. The number of hydrogen-bond acceptors (Lipinski definition) is 4. The number of aromatic carboxylic acids is 1. The van der Waals surface area contributed by atoms with Gasteiger partial charge in [-0.1, -0.05) is 13.8 Å². The lowest BCUT2D eigenvalue weighted by molar-refractivity contribution is 0.0195. The van der Waals surface area contributed by atoms with Gasteiger partial charge < -0.3 is 9.94 Å². The van der Waals surface area contributed by atoms with E-state index in [0.29, 0.717) is 23.9 Å². The fourth-order valence-corrected chi connectivity index (χ4v) is 1.78. The van der Waals surface area contributed by atoms with Gasteiger partial charge >= 0.3 is 5.97 Å². The number of thiophene rings is 1. The van der Waals surface area contributed by atoms with Crippen molar-refractivity contribution < 1.29 is 14.7 Å². The van der Waals surface area contributed by atoms with Crippen molar-refractivity contribution in [1.82, 2.24) is 5.48 Å². The third-order valence-corrected chi connectivity index (χ3v) is 2.67. The summed E-state index contributed by atoms with van der Waals surface area (Å²) in [5.41, 5.74) is 3.52. The third kappa shape index (κ3) is 3.99. The number of carboxylic acid groups (broad SMARTS) is 1. The minimum atomic E-state index is -0.884. The highest BCUT2D eigenvalue weighted by Crippen LogP contribution is 2.16. The van der Waals surface area contributed by atoms with E-state index >= 15 is 0 Å². The minimum Gasteiger partial charge on any atom is -0.477 e. The van der Waals surface area contributed by atoms with E-state index in [0.717, 1.165) is 5.56 Å². The van der Waals surface area contributed by atoms with Crippen LogP contribution in [0.1, 0.15) is 29.1 Å². The SMILES string of the molecule is CC(C)CONCc1ccsc1C(=O)O. The van der Waals surface area contributed by atoms with Gasteiger partial charge in [0.1, 0.15) is 4.88 Å². The molecule has 0 fully saturated rings. The summed E-state index contributed by atoms with van der Waals surface area (Å²) in [5.74, 6) is -0.426. The summed E-state index contributed by atoms with van der Waals surface area (Å²) in [6.07, 6.45) is 0. The molecule has 2 N–H and O–H groups in total. The summed E-state index contributed by atoms with van der Waals surface area (Å²) in [7, 11) is 0. The zero-order valence-corrected chi connectivity index (χ0v) is 9.63. The van der Waals surface area contributed by atoms with E-state index in [1.54, 1.807) is 11.4 Å². The Morgan fingerprint density at radius 1 is 1.67 bits per heavy atom. The second-order valence-electron chi connectivity index (χ2n) is 3.61. The second-order valence-corrected chi connectivity index (χ2v) is 4.52. The van der Waals surface area contributed by atoms with Crippen LogP contribution in [0.2, 0.25) is 0 Å². The molecule has 0 saturated carbocycles. The lowest BCUT2D eigenvalue weighted by Crippen LogP contribution is -2.18. The fourth-order valence-electron chi connectivity index (χ4n) is 1.02. The highest BCUT2D eigenvalue weighted by Gasteiger charge is 2.10. The van der Waals surface area contributed by atoms with Gasteiger partial charge in [-0.05, 0) is 22.9 Å². The van der Waals surface area contributed by atoms with Gasteiger partial charge in [-0.3, -0.25) is 0 Å². The fraction of sp³-hybridized carbons (Fsp3) is 0.500. The Bertz CT molecular complexity index is 322. The summed E-state index contributed by atoms with van der Waals surface area (Å²) < 4.78 is 0. The molecule has 1 aromatic heterocycles. The van der Waals surface area contributed by atoms with Gasteiger partial charge in [0, 0.05) is 6.54 Å². The van der Waals surface area contributed by atoms with Crippen molar-refractivity contribution in [2.45, 2.75) is 20.4 Å². The maximum Gasteiger partial charge on any atom is 0.346 e. The van der Waals surface area contributed by atoms with E-state index in [4.69, 9.17) is 9.94 Å². The van der Waals surface area contributed by atoms with Crippen LogP contribution >= 0.6 is 11.3 Å². The van der Waals surface area contributed by atoms with E-state index in [1.807, 2.05) is 0 Å². The van der Waals surface area contributed by atoms with Crippen LogP contribution in [0.3, 0.4) is 0 Å². The summed E-state index contributed by atoms with van der Waals surface area (Å²) in [4.78, 5) is 16.3. The second kappa shape index (κ2) is 5.85. The molecule has 0 saturated heterocycles. The molecular weight excluding hydrogens is 214 g/mol. The predicted octanol–water partition coefficient (Wildman–Crippen LogP) is 2.12. The number of carboxylic acids is 1. The average molecular weight is 229 g/mol. The maximum absolute atomic E-state index is 10.8. The van der Waals surface area contributed by atoms with Crippen molar-refractivity contribution in [3.8, 4) is 0 Å². The normalized spacial score (nSPS) is 10.9. The van der Waals surface area contributed by atoms with E-state index in [-0.39, 0.29) is 0 Å². The van der Waals surface area contributed by atoms with Crippen molar-refractivity contribution in [3.63, 3.8) is 0 Å². The minimum absolute atomic E-state index is 0.371. The highest BCUT2D eigenvalue weighted by molar-refractivity contribution is 7.12. The zero-order chi connectivity index (χ0) is 11.3. The summed E-state index contributed by atoms with van der Waals surface area (Å²) in [5, 5.41) is 10.6. The molecule has 0 spiro atoms. The molecule has 1 rings (SSSR count). The van der Waals surface area contributed by atoms with Crippen molar-refractivity contribution in [2.75, 3.05) is 6.61 Å². The number of hydrogen-bond donors (Lipinski definition) is 2. The lowest BCUT2D eigenvalue weighted by atomic mass is 10.2. The summed E-state index contributed by atoms with van der Waals surface area (Å²) in [6.45, 7) is 5.15. The van der Waals surface area contributed by atoms with Crippen LogP contribution in [0, 0.1) is 5.92 Å². The molecule has 0 aliphatic heterocycles. The average Bonchev–Trinajstić information content (AvgIpc) is 2.60. The van der Waals surface area contributed by atoms with E-state index in [1.165, 1.54) is 11.3 Å². The monoisotopic (exact) mass is 229 g/mol. The Balaban J connectivity index is 2.37. The Morgan fingerprint density at radius 2 is 2.40 bits per heavy atom. The number of carbonyl (C=O) groups is 1. The smallest absolute Gasteiger partial charge is 0.346 e. The van der Waals surface area contributed by atoms with Crippen molar-refractivity contribution in [2.24, 2.45) is 5.92 Å². The number of nitrogens with one attached hydrogen (secondary N) is 1. The molecule has 0 unspecified atom stereocenters. The van der Waals surface area contributed by atoms with Crippen LogP contribution in [0.25, 0.3) is 0 Å². The topological polar surface area (TPSA) is 58.6 Å². The van der Waals surface area contributed by atoms with Gasteiger partial charge in [0.05, 0.1) is 6.61 Å². The van der Waals surface area contributed by atoms with Gasteiger partial charge in [-0.25, -0.2) is 4.79 Å². The van der Waals surface area contributed by atoms with Crippen LogP contribution in [-0.2, 0) is 11.4 Å². The van der Waals surface area contributed by atoms with Crippen LogP contribution in [-0.4, -0.2) is 17.7 Å². The Kier molecular flexibility index (Phi) is 4.74. The molecular formula is C10H15NO3S. The predicted molar refractivity (Wildman–Crippen MR) is 58.9 cm³/mol. The van der Waals surface area contributed by atoms with E-state index in [2.05, 4.69) is 19.3 Å². The van der Waals surface area contributed by atoms with Crippen molar-refractivity contribution in [3.05, 3.63) is 21.9 Å². The van der Waals surface area contributed by atoms with Gasteiger partial charge in [0.25, 0.3) is 0 Å². The molecule has 0 bridgehead atoms. The number of rotatable bonds is 6. The van der Waals surface area contributed by atoms with Crippen molar-refractivity contribution in [1.29, 1.82) is 0 Å². The number of hydroxylamine groups is 1. The summed E-state index contributed by atoms with van der Waals surface area (Å²) in [6, 6.07) is 1.79. The quantitative estimate of drug-likeness (QED) is 0.579. The molecule has 0 aliphatic rings. The van der Waals surface area contributed by atoms with Gasteiger partial charge in [-0.2, -0.15) is 5.48 Å². The Labute approximate surface area is 92.8 Å². The maximum atomic E-state index is 10.8. The molecule has 0 radical (unpaired) electrons. The van der Waals surface area contributed by atoms with Gasteiger partial charge in [0.15, 0.2) is 0 Å².